The van der Waals surface area contributed by atoms with Crippen LogP contribution in [0.5, 0.6) is 17.2 Å². The second kappa shape index (κ2) is 15.4. The molecule has 0 saturated carbocycles. The molecule has 0 spiro atoms. The highest BCUT2D eigenvalue weighted by molar-refractivity contribution is 7.91. The zero-order valence-electron chi connectivity index (χ0n) is 29.9. The molecule has 4 N–H and O–H groups in total. The minimum Gasteiger partial charge on any atom is -0.494 e. The monoisotopic (exact) mass is 779 g/mol. The Balaban J connectivity index is 1.14. The van der Waals surface area contributed by atoms with Gasteiger partial charge in [-0.05, 0) is 90.0 Å². The van der Waals surface area contributed by atoms with E-state index in [1.807, 2.05) is 55.5 Å². The molecule has 2 aliphatic rings. The third-order valence-electron chi connectivity index (χ3n) is 9.55. The number of rotatable bonds is 11. The van der Waals surface area contributed by atoms with Crippen LogP contribution in [0.1, 0.15) is 46.5 Å². The summed E-state index contributed by atoms with van der Waals surface area (Å²) in [5.74, 6) is -0.423. The first kappa shape index (κ1) is 37.4. The molecule has 0 radical (unpaired) electrons. The van der Waals surface area contributed by atoms with Crippen LogP contribution in [0.15, 0.2) is 89.1 Å². The standard InChI is InChI=1S/C40H37N5O8S2/c1-3-51-31-14-12-28(13-15-31)36-22-52-34-18-29-17-33(45(21-30(29)19-35(34)53-36)55(49,50)39-23(2)43-40(42)54-39)37(46)44-32(38(47)48)16-24-4-8-26(9-5-24)27-10-6-25(20-41)7-11-27/h4-15,18-19,32-33,36H,3,16-17,21-22H2,1-2H3,(H2,42,43)(H,44,46)(H,47,48)/t32-,33?,36+/m0/s1. The van der Waals surface area contributed by atoms with Gasteiger partial charge in [-0.15, -0.1) is 0 Å². The molecule has 7 rings (SSSR count). The number of nitriles is 1. The van der Waals surface area contributed by atoms with Gasteiger partial charge in [0, 0.05) is 13.0 Å². The molecule has 3 atom stereocenters. The van der Waals surface area contributed by atoms with E-state index in [1.165, 1.54) is 6.92 Å². The van der Waals surface area contributed by atoms with Gasteiger partial charge < -0.3 is 30.4 Å². The average Bonchev–Trinajstić information content (AvgIpc) is 3.54. The van der Waals surface area contributed by atoms with E-state index >= 15 is 0 Å². The lowest BCUT2D eigenvalue weighted by Crippen LogP contribution is -2.55. The van der Waals surface area contributed by atoms with Gasteiger partial charge in [-0.2, -0.15) is 9.57 Å². The van der Waals surface area contributed by atoms with Crippen LogP contribution in [0.4, 0.5) is 5.13 Å². The Kier molecular flexibility index (Phi) is 10.5. The first-order chi connectivity index (χ1) is 26.4. The van der Waals surface area contributed by atoms with Gasteiger partial charge in [-0.3, -0.25) is 4.79 Å². The number of carbonyl (C=O) groups is 2. The first-order valence-corrected chi connectivity index (χ1v) is 19.7. The number of amides is 1. The number of thiazole rings is 1. The van der Waals surface area contributed by atoms with E-state index in [-0.39, 0.29) is 41.0 Å². The lowest BCUT2D eigenvalue weighted by atomic mass is 9.94. The first-order valence-electron chi connectivity index (χ1n) is 17.5. The van der Waals surface area contributed by atoms with Gasteiger partial charge in [0.15, 0.2) is 26.9 Å². The largest absolute Gasteiger partial charge is 0.494 e. The summed E-state index contributed by atoms with van der Waals surface area (Å²) < 4.78 is 47.6. The van der Waals surface area contributed by atoms with Gasteiger partial charge >= 0.3 is 5.97 Å². The number of nitrogens with two attached hydrogens (primary N) is 1. The van der Waals surface area contributed by atoms with Crippen LogP contribution in [0, 0.1) is 18.3 Å². The van der Waals surface area contributed by atoms with Crippen LogP contribution < -0.4 is 25.3 Å². The van der Waals surface area contributed by atoms with Crippen LogP contribution in [0.25, 0.3) is 11.1 Å². The molecular weight excluding hydrogens is 743 g/mol. The van der Waals surface area contributed by atoms with Crippen LogP contribution in [-0.4, -0.2) is 60.0 Å². The van der Waals surface area contributed by atoms with E-state index in [0.29, 0.717) is 40.4 Å². The number of hydrogen-bond acceptors (Lipinski definition) is 11. The number of hydrogen-bond donors (Lipinski definition) is 3. The molecule has 55 heavy (non-hydrogen) atoms. The molecule has 1 amide bonds. The third-order valence-corrected chi connectivity index (χ3v) is 13.0. The lowest BCUT2D eigenvalue weighted by Gasteiger charge is -2.36. The summed E-state index contributed by atoms with van der Waals surface area (Å²) in [6.07, 6.45) is -0.534. The van der Waals surface area contributed by atoms with Crippen LogP contribution in [0.3, 0.4) is 0 Å². The highest BCUT2D eigenvalue weighted by atomic mass is 32.2. The zero-order chi connectivity index (χ0) is 38.9. The number of aromatic nitrogens is 1. The number of aliphatic carboxylic acids is 1. The normalized spacial score (nSPS) is 17.0. The second-order valence-electron chi connectivity index (χ2n) is 13.2. The van der Waals surface area contributed by atoms with Crippen molar-refractivity contribution in [1.82, 2.24) is 14.6 Å². The van der Waals surface area contributed by atoms with Gasteiger partial charge in [0.25, 0.3) is 10.0 Å². The van der Waals surface area contributed by atoms with E-state index < -0.39 is 40.1 Å². The maximum Gasteiger partial charge on any atom is 0.326 e. The van der Waals surface area contributed by atoms with E-state index in [2.05, 4.69) is 16.4 Å². The SMILES string of the molecule is CCOc1ccc([C@H]2COc3cc4c(cc3O2)CN(S(=O)(=O)c2sc(N)nc2C)C(C(=O)N[C@@H](Cc2ccc(-c3ccc(C#N)cc3)cc2)C(=O)O)C4)cc1. The Hall–Kier alpha value is -5.95. The van der Waals surface area contributed by atoms with Crippen molar-refractivity contribution in [2.75, 3.05) is 18.9 Å². The highest BCUT2D eigenvalue weighted by Crippen LogP contribution is 2.42. The van der Waals surface area contributed by atoms with Crippen molar-refractivity contribution in [2.24, 2.45) is 0 Å². The Bertz CT molecular complexity index is 2390. The van der Waals surface area contributed by atoms with Crippen molar-refractivity contribution >= 4 is 38.4 Å². The summed E-state index contributed by atoms with van der Waals surface area (Å²) >= 11 is 0.800. The van der Waals surface area contributed by atoms with Crippen molar-refractivity contribution in [3.63, 3.8) is 0 Å². The fourth-order valence-electron chi connectivity index (χ4n) is 6.74. The third kappa shape index (κ3) is 7.83. The number of sulfonamides is 1. The molecule has 3 heterocycles. The van der Waals surface area contributed by atoms with Gasteiger partial charge in [0.05, 0.1) is 23.9 Å². The molecule has 1 unspecified atom stereocenters. The predicted molar refractivity (Wildman–Crippen MR) is 204 cm³/mol. The molecule has 4 aromatic carbocycles. The second-order valence-corrected chi connectivity index (χ2v) is 16.3. The van der Waals surface area contributed by atoms with Gasteiger partial charge in [-0.1, -0.05) is 59.9 Å². The molecule has 0 saturated heterocycles. The fraction of sp³-hybridized carbons (Fsp3) is 0.250. The van der Waals surface area contributed by atoms with E-state index in [4.69, 9.17) is 25.2 Å². The molecule has 5 aromatic rings. The summed E-state index contributed by atoms with van der Waals surface area (Å²) in [4.78, 5) is 30.8. The number of benzene rings is 4. The van der Waals surface area contributed by atoms with Crippen molar-refractivity contribution in [2.45, 2.75) is 55.6 Å². The molecule has 1 aromatic heterocycles. The molecule has 0 fully saturated rings. The summed E-state index contributed by atoms with van der Waals surface area (Å²) in [7, 11) is -4.34. The van der Waals surface area contributed by atoms with Crippen molar-refractivity contribution in [3.8, 4) is 34.4 Å². The number of aryl methyl sites for hydroxylation is 1. The maximum absolute atomic E-state index is 14.3. The smallest absolute Gasteiger partial charge is 0.326 e. The lowest BCUT2D eigenvalue weighted by molar-refractivity contribution is -0.142. The number of carboxylic acid groups (broad SMARTS) is 1. The minimum absolute atomic E-state index is 0.0521. The number of nitrogens with zero attached hydrogens (tertiary/aromatic N) is 3. The molecule has 0 bridgehead atoms. The molecule has 15 heteroatoms. The van der Waals surface area contributed by atoms with Gasteiger partial charge in [-0.25, -0.2) is 18.2 Å². The fourth-order valence-corrected chi connectivity index (χ4v) is 9.71. The summed E-state index contributed by atoms with van der Waals surface area (Å²) in [6.45, 7) is 4.01. The Morgan fingerprint density at radius 3 is 2.35 bits per heavy atom. The molecule has 0 aliphatic carbocycles. The minimum atomic E-state index is -4.34. The van der Waals surface area contributed by atoms with Crippen molar-refractivity contribution in [1.29, 1.82) is 5.26 Å². The van der Waals surface area contributed by atoms with Gasteiger partial charge in [0.1, 0.15) is 24.4 Å². The number of carbonyl (C=O) groups excluding carboxylic acids is 1. The number of nitrogen functional groups attached to an aromatic ring is 1. The Labute approximate surface area is 322 Å². The molecule has 2 aliphatic heterocycles. The maximum atomic E-state index is 14.3. The van der Waals surface area contributed by atoms with Crippen LogP contribution in [-0.2, 0) is 39.0 Å². The van der Waals surface area contributed by atoms with Crippen molar-refractivity contribution < 1.29 is 37.3 Å². The summed E-state index contributed by atoms with van der Waals surface area (Å²) in [6, 6.07) is 24.7. The number of carboxylic acids is 1. The van der Waals surface area contributed by atoms with Gasteiger partial charge in [0.2, 0.25) is 5.91 Å². The quantitative estimate of drug-likeness (QED) is 0.155. The topological polar surface area (TPSA) is 194 Å². The zero-order valence-corrected chi connectivity index (χ0v) is 31.5. The Morgan fingerprint density at radius 1 is 1.05 bits per heavy atom. The summed E-state index contributed by atoms with van der Waals surface area (Å²) in [5, 5.41) is 22.0. The highest BCUT2D eigenvalue weighted by Gasteiger charge is 2.43. The van der Waals surface area contributed by atoms with E-state index in [9.17, 15) is 23.1 Å². The van der Waals surface area contributed by atoms with Crippen LogP contribution in [0.2, 0.25) is 0 Å². The Morgan fingerprint density at radius 2 is 1.73 bits per heavy atom. The average molecular weight is 780 g/mol. The number of ether oxygens (including phenoxy) is 3. The molecular formula is C40H37N5O8S2. The number of nitrogens with one attached hydrogen (secondary N) is 1. The van der Waals surface area contributed by atoms with E-state index in [0.717, 1.165) is 38.1 Å². The molecule has 282 valence electrons. The van der Waals surface area contributed by atoms with E-state index in [1.54, 1.807) is 36.4 Å². The van der Waals surface area contributed by atoms with Crippen molar-refractivity contribution in [3.05, 3.63) is 118 Å². The molecule has 13 nitrogen and oxygen atoms in total. The summed E-state index contributed by atoms with van der Waals surface area (Å²) in [5.41, 5.74) is 11.2. The number of anilines is 1. The predicted octanol–water partition coefficient (Wildman–Crippen LogP) is 5.41. The number of fused-ring (bicyclic) bond motifs is 2. The van der Waals surface area contributed by atoms with Crippen LogP contribution >= 0.6 is 11.3 Å².